The molecule has 0 aliphatic rings. The van der Waals surface area contributed by atoms with Gasteiger partial charge in [0.15, 0.2) is 0 Å². The van der Waals surface area contributed by atoms with Crippen LogP contribution in [0.4, 0.5) is 10.5 Å². The van der Waals surface area contributed by atoms with Gasteiger partial charge in [-0.15, -0.1) is 0 Å². The van der Waals surface area contributed by atoms with E-state index in [2.05, 4.69) is 15.5 Å². The first kappa shape index (κ1) is 17.3. The number of rotatable bonds is 8. The van der Waals surface area contributed by atoms with E-state index in [0.29, 0.717) is 19.4 Å². The Labute approximate surface area is 127 Å². The van der Waals surface area contributed by atoms with Crippen molar-refractivity contribution in [2.24, 2.45) is 0 Å². The van der Waals surface area contributed by atoms with Gasteiger partial charge >= 0.3 is 6.03 Å². The molecule has 0 saturated carbocycles. The Morgan fingerprint density at radius 3 is 2.38 bits per heavy atom. The van der Waals surface area contributed by atoms with Crippen LogP contribution in [0.3, 0.4) is 0 Å². The van der Waals surface area contributed by atoms with Gasteiger partial charge in [-0.2, -0.15) is 0 Å². The minimum atomic E-state index is -0.807. The summed E-state index contributed by atoms with van der Waals surface area (Å²) in [6.45, 7) is 5.38. The van der Waals surface area contributed by atoms with Crippen LogP contribution in [0.5, 0.6) is 0 Å². The Kier molecular flexibility index (Phi) is 7.02. The molecule has 0 spiro atoms. The van der Waals surface area contributed by atoms with Crippen molar-refractivity contribution in [1.29, 1.82) is 0 Å². The number of aliphatic hydroxyl groups is 1. The van der Waals surface area contributed by atoms with Crippen LogP contribution in [0, 0.1) is 0 Å². The van der Waals surface area contributed by atoms with Crippen LogP contribution in [0.15, 0.2) is 30.3 Å². The second-order valence-electron chi connectivity index (χ2n) is 5.30. The van der Waals surface area contributed by atoms with Crippen molar-refractivity contribution in [3.63, 3.8) is 0 Å². The highest BCUT2D eigenvalue weighted by Gasteiger charge is 2.22. The van der Waals surface area contributed by atoms with Gasteiger partial charge in [-0.3, -0.25) is 0 Å². The Morgan fingerprint density at radius 1 is 1.19 bits per heavy atom. The predicted molar refractivity (Wildman–Crippen MR) is 86.6 cm³/mol. The zero-order valence-electron chi connectivity index (χ0n) is 13.2. The zero-order valence-corrected chi connectivity index (χ0v) is 13.2. The molecule has 1 aromatic carbocycles. The number of urea groups is 1. The topological polar surface area (TPSA) is 64.6 Å². The number of hydrogen-bond acceptors (Lipinski definition) is 3. The Bertz CT molecular complexity index is 419. The highest BCUT2D eigenvalue weighted by Crippen LogP contribution is 2.12. The van der Waals surface area contributed by atoms with Crippen molar-refractivity contribution in [1.82, 2.24) is 10.6 Å². The van der Waals surface area contributed by atoms with E-state index in [1.54, 1.807) is 0 Å². The lowest BCUT2D eigenvalue weighted by Gasteiger charge is -2.25. The molecule has 0 unspecified atom stereocenters. The van der Waals surface area contributed by atoms with Crippen LogP contribution < -0.4 is 15.5 Å². The van der Waals surface area contributed by atoms with E-state index in [4.69, 9.17) is 0 Å². The summed E-state index contributed by atoms with van der Waals surface area (Å²) < 4.78 is 0. The molecule has 5 heteroatoms. The lowest BCUT2D eigenvalue weighted by atomic mass is 9.98. The Hall–Kier alpha value is -1.75. The highest BCUT2D eigenvalue weighted by atomic mass is 16.3. The number of amides is 2. The number of hydrogen-bond donors (Lipinski definition) is 3. The minimum absolute atomic E-state index is 0.239. The number of anilines is 1. The van der Waals surface area contributed by atoms with Gasteiger partial charge in [-0.25, -0.2) is 4.79 Å². The van der Waals surface area contributed by atoms with Gasteiger partial charge in [0.1, 0.15) is 0 Å². The van der Waals surface area contributed by atoms with Gasteiger partial charge in [0.05, 0.1) is 5.60 Å². The maximum atomic E-state index is 11.7. The molecule has 0 saturated heterocycles. The van der Waals surface area contributed by atoms with Crippen molar-refractivity contribution in [2.75, 3.05) is 31.6 Å². The molecular formula is C16H27N3O2. The van der Waals surface area contributed by atoms with Crippen LogP contribution in [0.2, 0.25) is 0 Å². The average molecular weight is 293 g/mol. The first-order chi connectivity index (χ1) is 10.0. The minimum Gasteiger partial charge on any atom is -0.388 e. The van der Waals surface area contributed by atoms with Crippen molar-refractivity contribution in [2.45, 2.75) is 32.3 Å². The fraction of sp³-hybridized carbons (Fsp3) is 0.562. The van der Waals surface area contributed by atoms with E-state index < -0.39 is 5.60 Å². The quantitative estimate of drug-likeness (QED) is 0.686. The van der Waals surface area contributed by atoms with Gasteiger partial charge in [0.2, 0.25) is 0 Å². The molecule has 5 nitrogen and oxygen atoms in total. The molecule has 0 bridgehead atoms. The first-order valence-corrected chi connectivity index (χ1v) is 7.51. The fourth-order valence-electron chi connectivity index (χ4n) is 1.96. The van der Waals surface area contributed by atoms with E-state index in [1.807, 2.05) is 51.2 Å². The molecule has 0 radical (unpaired) electrons. The molecule has 21 heavy (non-hydrogen) atoms. The monoisotopic (exact) mass is 293 g/mol. The van der Waals surface area contributed by atoms with Gasteiger partial charge in [-0.05, 0) is 25.0 Å². The standard InChI is InChI=1S/C16H27N3O2/c1-4-16(21,5-2)13-18-15(20)17-11-12-19(3)14-9-7-6-8-10-14/h6-10,21H,4-5,11-13H2,1-3H3,(H2,17,18,20). The smallest absolute Gasteiger partial charge is 0.314 e. The highest BCUT2D eigenvalue weighted by molar-refractivity contribution is 5.73. The predicted octanol–water partition coefficient (Wildman–Crippen LogP) is 1.97. The van der Waals surface area contributed by atoms with Crippen LogP contribution in [-0.2, 0) is 0 Å². The third-order valence-corrected chi connectivity index (χ3v) is 3.82. The number of carbonyl (C=O) groups excluding carboxylic acids is 1. The van der Waals surface area contributed by atoms with E-state index in [0.717, 1.165) is 12.2 Å². The van der Waals surface area contributed by atoms with Crippen molar-refractivity contribution in [3.8, 4) is 0 Å². The SMILES string of the molecule is CCC(O)(CC)CNC(=O)NCCN(C)c1ccccc1. The molecule has 1 rings (SSSR count). The molecule has 0 atom stereocenters. The van der Waals surface area contributed by atoms with Crippen LogP contribution in [0.1, 0.15) is 26.7 Å². The summed E-state index contributed by atoms with van der Waals surface area (Å²) in [6.07, 6.45) is 1.25. The molecule has 0 heterocycles. The van der Waals surface area contributed by atoms with Gasteiger partial charge < -0.3 is 20.6 Å². The third-order valence-electron chi connectivity index (χ3n) is 3.82. The summed E-state index contributed by atoms with van der Waals surface area (Å²) in [5, 5.41) is 15.6. The summed E-state index contributed by atoms with van der Waals surface area (Å²) in [5.74, 6) is 0. The van der Waals surface area contributed by atoms with Crippen LogP contribution in [-0.4, -0.2) is 43.4 Å². The summed E-state index contributed by atoms with van der Waals surface area (Å²) in [4.78, 5) is 13.8. The van der Waals surface area contributed by atoms with Crippen molar-refractivity contribution < 1.29 is 9.90 Å². The number of benzene rings is 1. The van der Waals surface area contributed by atoms with E-state index >= 15 is 0 Å². The molecular weight excluding hydrogens is 266 g/mol. The summed E-state index contributed by atoms with van der Waals surface area (Å²) in [6, 6.07) is 9.78. The number of carbonyl (C=O) groups is 1. The zero-order chi connectivity index (χ0) is 15.7. The van der Waals surface area contributed by atoms with Crippen molar-refractivity contribution in [3.05, 3.63) is 30.3 Å². The van der Waals surface area contributed by atoms with E-state index in [-0.39, 0.29) is 12.6 Å². The number of nitrogens with zero attached hydrogens (tertiary/aromatic N) is 1. The largest absolute Gasteiger partial charge is 0.388 e. The van der Waals surface area contributed by atoms with E-state index in [1.165, 1.54) is 0 Å². The Morgan fingerprint density at radius 2 is 1.81 bits per heavy atom. The normalized spacial score (nSPS) is 11.0. The maximum absolute atomic E-state index is 11.7. The first-order valence-electron chi connectivity index (χ1n) is 7.51. The van der Waals surface area contributed by atoms with Gasteiger partial charge in [0, 0.05) is 32.4 Å². The van der Waals surface area contributed by atoms with Gasteiger partial charge in [-0.1, -0.05) is 32.0 Å². The molecule has 3 N–H and O–H groups in total. The van der Waals surface area contributed by atoms with E-state index in [9.17, 15) is 9.90 Å². The molecule has 0 fully saturated rings. The second kappa shape index (κ2) is 8.52. The molecule has 1 aromatic rings. The maximum Gasteiger partial charge on any atom is 0.314 e. The van der Waals surface area contributed by atoms with Crippen LogP contribution >= 0.6 is 0 Å². The lowest BCUT2D eigenvalue weighted by Crippen LogP contribution is -2.47. The fourth-order valence-corrected chi connectivity index (χ4v) is 1.96. The van der Waals surface area contributed by atoms with Crippen LogP contribution in [0.25, 0.3) is 0 Å². The Balaban J connectivity index is 2.25. The summed E-state index contributed by atoms with van der Waals surface area (Å²) in [5.41, 5.74) is 0.309. The third kappa shape index (κ3) is 6.04. The lowest BCUT2D eigenvalue weighted by molar-refractivity contribution is 0.0350. The molecule has 0 aromatic heterocycles. The number of nitrogens with one attached hydrogen (secondary N) is 2. The van der Waals surface area contributed by atoms with Crippen molar-refractivity contribution >= 4 is 11.7 Å². The second-order valence-corrected chi connectivity index (χ2v) is 5.30. The number of para-hydroxylation sites is 1. The molecule has 0 aliphatic carbocycles. The summed E-state index contributed by atoms with van der Waals surface area (Å²) in [7, 11) is 1.99. The number of likely N-dealkylation sites (N-methyl/N-ethyl adjacent to an activating group) is 1. The molecule has 0 aliphatic heterocycles. The van der Waals surface area contributed by atoms with Gasteiger partial charge in [0.25, 0.3) is 0 Å². The molecule has 2 amide bonds. The molecule has 118 valence electrons. The summed E-state index contributed by atoms with van der Waals surface area (Å²) >= 11 is 0. The average Bonchev–Trinajstić information content (AvgIpc) is 2.53.